The van der Waals surface area contributed by atoms with Crippen LogP contribution < -0.4 is 5.32 Å². The monoisotopic (exact) mass is 329 g/mol. The van der Waals surface area contributed by atoms with E-state index in [-0.39, 0.29) is 12.5 Å². The molecule has 0 aliphatic heterocycles. The zero-order valence-electron chi connectivity index (χ0n) is 13.8. The first kappa shape index (κ1) is 17.3. The second-order valence-corrected chi connectivity index (χ2v) is 5.41. The summed E-state index contributed by atoms with van der Waals surface area (Å²) in [6.07, 6.45) is 1.72. The Kier molecular flexibility index (Phi) is 5.36. The number of rotatable bonds is 5. The van der Waals surface area contributed by atoms with Crippen LogP contribution in [0.25, 0.3) is 0 Å². The number of amides is 2. The Bertz CT molecular complexity index is 747. The van der Waals surface area contributed by atoms with E-state index in [9.17, 15) is 14.4 Å². The summed E-state index contributed by atoms with van der Waals surface area (Å²) < 4.78 is 6.57. The highest BCUT2D eigenvalue weighted by atomic mass is 16.5. The first-order valence-corrected chi connectivity index (χ1v) is 7.28. The van der Waals surface area contributed by atoms with E-state index >= 15 is 0 Å². The number of aryl methyl sites for hydroxylation is 1. The number of nitrogens with zero attached hydrogens (tertiary/aromatic N) is 2. The Hall–Kier alpha value is -3.09. The molecule has 0 saturated carbocycles. The van der Waals surface area contributed by atoms with Gasteiger partial charge in [-0.1, -0.05) is 0 Å². The molecule has 1 heterocycles. The number of hydrogen-bond acceptors (Lipinski definition) is 4. The third-order valence-corrected chi connectivity index (χ3v) is 3.31. The number of nitrogens with one attached hydrogen (secondary N) is 1. The maximum absolute atomic E-state index is 11.8. The minimum Gasteiger partial charge on any atom is -0.451 e. The first-order valence-electron chi connectivity index (χ1n) is 7.28. The predicted octanol–water partition coefficient (Wildman–Crippen LogP) is 1.52. The van der Waals surface area contributed by atoms with E-state index in [2.05, 4.69) is 5.32 Å². The molecule has 1 N–H and O–H groups in total. The van der Waals surface area contributed by atoms with Crippen LogP contribution in [0.1, 0.15) is 20.8 Å². The minimum atomic E-state index is -0.565. The summed E-state index contributed by atoms with van der Waals surface area (Å²) in [5.74, 6) is -1.14. The van der Waals surface area contributed by atoms with E-state index in [4.69, 9.17) is 4.74 Å². The molecule has 1 aromatic carbocycles. The molecule has 0 spiro atoms. The van der Waals surface area contributed by atoms with Crippen LogP contribution in [0.3, 0.4) is 0 Å². The molecule has 0 atom stereocenters. The third-order valence-electron chi connectivity index (χ3n) is 3.31. The number of anilines is 1. The van der Waals surface area contributed by atoms with E-state index < -0.39 is 11.9 Å². The summed E-state index contributed by atoms with van der Waals surface area (Å²) in [7, 11) is 5.05. The molecule has 2 amide bonds. The quantitative estimate of drug-likeness (QED) is 0.844. The fraction of sp³-hybridized carbons (Fsp3) is 0.235. The average Bonchev–Trinajstić information content (AvgIpc) is 2.98. The number of benzene rings is 1. The van der Waals surface area contributed by atoms with Gasteiger partial charge in [0, 0.05) is 38.6 Å². The van der Waals surface area contributed by atoms with E-state index in [1.165, 1.54) is 4.90 Å². The second-order valence-electron chi connectivity index (χ2n) is 5.41. The van der Waals surface area contributed by atoms with Gasteiger partial charge in [-0.05, 0) is 36.4 Å². The van der Waals surface area contributed by atoms with Crippen molar-refractivity contribution in [2.45, 2.75) is 0 Å². The van der Waals surface area contributed by atoms with Crippen LogP contribution in [-0.2, 0) is 16.6 Å². The Labute approximate surface area is 139 Å². The minimum absolute atomic E-state index is 0.121. The predicted molar refractivity (Wildman–Crippen MR) is 88.8 cm³/mol. The average molecular weight is 329 g/mol. The summed E-state index contributed by atoms with van der Waals surface area (Å²) in [6, 6.07) is 9.80. The van der Waals surface area contributed by atoms with Gasteiger partial charge in [0.15, 0.2) is 6.61 Å². The molecule has 2 aromatic rings. The van der Waals surface area contributed by atoms with Crippen LogP contribution in [0, 0.1) is 0 Å². The SMILES string of the molecule is CN(C)C(=O)c1ccc(NC(=O)COC(=O)c2cccn2C)cc1. The number of carbonyl (C=O) groups excluding carboxylic acids is 3. The van der Waals surface area contributed by atoms with Crippen molar-refractivity contribution >= 4 is 23.5 Å². The normalized spacial score (nSPS) is 10.1. The molecule has 0 bridgehead atoms. The highest BCUT2D eigenvalue weighted by molar-refractivity contribution is 5.96. The van der Waals surface area contributed by atoms with Gasteiger partial charge in [0.05, 0.1) is 0 Å². The highest BCUT2D eigenvalue weighted by Crippen LogP contribution is 2.11. The smallest absolute Gasteiger partial charge is 0.355 e. The van der Waals surface area contributed by atoms with Gasteiger partial charge in [-0.2, -0.15) is 0 Å². The number of ether oxygens (including phenoxy) is 1. The van der Waals surface area contributed by atoms with Gasteiger partial charge in [0.2, 0.25) is 0 Å². The topological polar surface area (TPSA) is 80.6 Å². The Morgan fingerprint density at radius 3 is 2.33 bits per heavy atom. The van der Waals surface area contributed by atoms with E-state index in [0.717, 1.165) is 0 Å². The molecule has 0 radical (unpaired) electrons. The van der Waals surface area contributed by atoms with Crippen LogP contribution in [0.4, 0.5) is 5.69 Å². The summed E-state index contributed by atoms with van der Waals surface area (Å²) >= 11 is 0. The van der Waals surface area contributed by atoms with Crippen LogP contribution in [-0.4, -0.2) is 48.0 Å². The van der Waals surface area contributed by atoms with Crippen molar-refractivity contribution in [2.75, 3.05) is 26.0 Å². The summed E-state index contributed by atoms with van der Waals surface area (Å²) in [4.78, 5) is 36.9. The van der Waals surface area contributed by atoms with Crippen molar-refractivity contribution in [1.29, 1.82) is 0 Å². The molecule has 126 valence electrons. The van der Waals surface area contributed by atoms with E-state index in [1.54, 1.807) is 68.3 Å². The van der Waals surface area contributed by atoms with Crippen molar-refractivity contribution in [1.82, 2.24) is 9.47 Å². The van der Waals surface area contributed by atoms with Gasteiger partial charge >= 0.3 is 5.97 Å². The fourth-order valence-corrected chi connectivity index (χ4v) is 2.03. The summed E-state index contributed by atoms with van der Waals surface area (Å²) in [6.45, 7) is -0.387. The molecular formula is C17H19N3O4. The van der Waals surface area contributed by atoms with Gasteiger partial charge in [-0.3, -0.25) is 9.59 Å². The molecule has 0 unspecified atom stereocenters. The lowest BCUT2D eigenvalue weighted by atomic mass is 10.2. The highest BCUT2D eigenvalue weighted by Gasteiger charge is 2.13. The zero-order chi connectivity index (χ0) is 17.7. The van der Waals surface area contributed by atoms with Gasteiger partial charge in [0.1, 0.15) is 5.69 Å². The Morgan fingerprint density at radius 1 is 1.12 bits per heavy atom. The fourth-order valence-electron chi connectivity index (χ4n) is 2.03. The molecule has 2 rings (SSSR count). The Morgan fingerprint density at radius 2 is 1.79 bits per heavy atom. The van der Waals surface area contributed by atoms with Gasteiger partial charge in [-0.25, -0.2) is 4.79 Å². The Balaban J connectivity index is 1.87. The number of hydrogen-bond donors (Lipinski definition) is 1. The summed E-state index contributed by atoms with van der Waals surface area (Å²) in [5.41, 5.74) is 1.41. The third kappa shape index (κ3) is 4.22. The zero-order valence-corrected chi connectivity index (χ0v) is 13.8. The van der Waals surface area contributed by atoms with Gasteiger partial charge < -0.3 is 19.5 Å². The number of carbonyl (C=O) groups is 3. The standard InChI is InChI=1S/C17H19N3O4/c1-19(2)16(22)12-6-8-13(9-7-12)18-15(21)11-24-17(23)14-5-4-10-20(14)3/h4-10H,11H2,1-3H3,(H,18,21). The molecule has 7 heteroatoms. The molecule has 1 aromatic heterocycles. The van der Waals surface area contributed by atoms with Crippen LogP contribution in [0.5, 0.6) is 0 Å². The summed E-state index contributed by atoms with van der Waals surface area (Å²) in [5, 5.41) is 2.60. The lowest BCUT2D eigenvalue weighted by Crippen LogP contribution is -2.22. The first-order chi connectivity index (χ1) is 11.4. The maximum Gasteiger partial charge on any atom is 0.355 e. The van der Waals surface area contributed by atoms with E-state index in [1.807, 2.05) is 0 Å². The second kappa shape index (κ2) is 7.45. The molecule has 0 aliphatic carbocycles. The maximum atomic E-state index is 11.8. The van der Waals surface area contributed by atoms with Crippen LogP contribution >= 0.6 is 0 Å². The lowest BCUT2D eigenvalue weighted by Gasteiger charge is -2.11. The largest absolute Gasteiger partial charge is 0.451 e. The van der Waals surface area contributed by atoms with Crippen molar-refractivity contribution in [2.24, 2.45) is 7.05 Å². The van der Waals surface area contributed by atoms with Crippen molar-refractivity contribution in [3.8, 4) is 0 Å². The van der Waals surface area contributed by atoms with Gasteiger partial charge in [-0.15, -0.1) is 0 Å². The van der Waals surface area contributed by atoms with Crippen molar-refractivity contribution in [3.63, 3.8) is 0 Å². The van der Waals surface area contributed by atoms with Crippen molar-refractivity contribution < 1.29 is 19.1 Å². The molecule has 0 fully saturated rings. The molecule has 0 aliphatic rings. The molecule has 24 heavy (non-hydrogen) atoms. The lowest BCUT2D eigenvalue weighted by molar-refractivity contribution is -0.119. The van der Waals surface area contributed by atoms with Gasteiger partial charge in [0.25, 0.3) is 11.8 Å². The van der Waals surface area contributed by atoms with E-state index in [0.29, 0.717) is 16.9 Å². The molecule has 7 nitrogen and oxygen atoms in total. The van der Waals surface area contributed by atoms with Crippen molar-refractivity contribution in [3.05, 3.63) is 53.9 Å². The van der Waals surface area contributed by atoms with Crippen LogP contribution in [0.15, 0.2) is 42.6 Å². The molecular weight excluding hydrogens is 310 g/mol. The number of aromatic nitrogens is 1. The number of esters is 1. The molecule has 0 saturated heterocycles. The van der Waals surface area contributed by atoms with Crippen LogP contribution in [0.2, 0.25) is 0 Å².